The third-order valence-corrected chi connectivity index (χ3v) is 3.63. The lowest BCUT2D eigenvalue weighted by Crippen LogP contribution is -2.41. The Balaban J connectivity index is 2.37. The van der Waals surface area contributed by atoms with Crippen molar-refractivity contribution in [2.45, 2.75) is 33.7 Å². The Morgan fingerprint density at radius 1 is 1.23 bits per heavy atom. The monoisotopic (exact) mass is 308 g/mol. The molecule has 22 heavy (non-hydrogen) atoms. The van der Waals surface area contributed by atoms with E-state index in [-0.39, 0.29) is 5.82 Å². The minimum Gasteiger partial charge on any atom is -0.355 e. The molecule has 1 rings (SSSR count). The van der Waals surface area contributed by atoms with Gasteiger partial charge in [0, 0.05) is 26.7 Å². The number of benzene rings is 1. The molecule has 2 N–H and O–H groups in total. The third kappa shape index (κ3) is 6.43. The Bertz CT molecular complexity index is 474. The number of rotatable bonds is 8. The number of hydrogen-bond donors (Lipinski definition) is 2. The highest BCUT2D eigenvalue weighted by molar-refractivity contribution is 5.79. The van der Waals surface area contributed by atoms with Crippen LogP contribution < -0.4 is 10.6 Å². The first-order chi connectivity index (χ1) is 10.6. The van der Waals surface area contributed by atoms with Crippen LogP contribution in [-0.2, 0) is 6.54 Å². The minimum atomic E-state index is -0.166. The largest absolute Gasteiger partial charge is 0.355 e. The number of aryl methyl sites for hydroxylation is 1. The van der Waals surface area contributed by atoms with Crippen LogP contribution in [-0.4, -0.2) is 44.1 Å². The highest BCUT2D eigenvalue weighted by Gasteiger charge is 2.03. The molecule has 0 aromatic heterocycles. The number of halogens is 1. The molecule has 0 saturated carbocycles. The van der Waals surface area contributed by atoms with Crippen LogP contribution in [0.4, 0.5) is 4.39 Å². The van der Waals surface area contributed by atoms with Crippen molar-refractivity contribution in [1.82, 2.24) is 15.5 Å². The van der Waals surface area contributed by atoms with Gasteiger partial charge in [0.1, 0.15) is 5.82 Å². The van der Waals surface area contributed by atoms with Crippen LogP contribution in [0.25, 0.3) is 0 Å². The Labute approximate surface area is 133 Å². The molecular formula is C17H29FN4. The van der Waals surface area contributed by atoms with E-state index in [1.807, 2.05) is 6.07 Å². The summed E-state index contributed by atoms with van der Waals surface area (Å²) in [6, 6.07) is 5.29. The number of hydrogen-bond acceptors (Lipinski definition) is 2. The Kier molecular flexibility index (Phi) is 8.51. The third-order valence-electron chi connectivity index (χ3n) is 3.63. The molecule has 4 nitrogen and oxygen atoms in total. The lowest BCUT2D eigenvalue weighted by molar-refractivity contribution is 0.293. The second-order valence-electron chi connectivity index (χ2n) is 5.37. The molecular weight excluding hydrogens is 279 g/mol. The molecule has 124 valence electrons. The van der Waals surface area contributed by atoms with E-state index in [1.54, 1.807) is 26.1 Å². The molecule has 5 heteroatoms. The van der Waals surface area contributed by atoms with Gasteiger partial charge in [-0.3, -0.25) is 4.99 Å². The summed E-state index contributed by atoms with van der Waals surface area (Å²) in [7, 11) is 1.74. The molecule has 1 aromatic rings. The number of likely N-dealkylation sites (N-methyl/N-ethyl adjacent to an activating group) is 1. The van der Waals surface area contributed by atoms with Gasteiger partial charge < -0.3 is 15.5 Å². The number of aliphatic imine (C=N–C) groups is 1. The van der Waals surface area contributed by atoms with Gasteiger partial charge in [0.15, 0.2) is 5.96 Å². The number of guanidine groups is 1. The summed E-state index contributed by atoms with van der Waals surface area (Å²) in [6.45, 7) is 10.7. The molecule has 0 fully saturated rings. The molecule has 0 amide bonds. The van der Waals surface area contributed by atoms with Gasteiger partial charge in [-0.1, -0.05) is 26.0 Å². The van der Waals surface area contributed by atoms with E-state index in [9.17, 15) is 4.39 Å². The summed E-state index contributed by atoms with van der Waals surface area (Å²) in [4.78, 5) is 6.59. The Hall–Kier alpha value is -1.62. The summed E-state index contributed by atoms with van der Waals surface area (Å²) in [5, 5.41) is 6.50. The SMILES string of the molecule is CCCN(CC)CCNC(=NC)NCc1ccc(C)c(F)c1. The summed E-state index contributed by atoms with van der Waals surface area (Å²) in [5.74, 6) is 0.578. The smallest absolute Gasteiger partial charge is 0.191 e. The lowest BCUT2D eigenvalue weighted by atomic mass is 10.1. The second-order valence-corrected chi connectivity index (χ2v) is 5.37. The number of nitrogens with zero attached hydrogens (tertiary/aromatic N) is 2. The van der Waals surface area contributed by atoms with Gasteiger partial charge in [0.25, 0.3) is 0 Å². The zero-order chi connectivity index (χ0) is 16.4. The maximum absolute atomic E-state index is 13.5. The van der Waals surface area contributed by atoms with Crippen LogP contribution in [0.2, 0.25) is 0 Å². The van der Waals surface area contributed by atoms with Gasteiger partial charge >= 0.3 is 0 Å². The van der Waals surface area contributed by atoms with Gasteiger partial charge in [-0.2, -0.15) is 0 Å². The van der Waals surface area contributed by atoms with Crippen LogP contribution in [0.5, 0.6) is 0 Å². The van der Waals surface area contributed by atoms with Crippen molar-refractivity contribution in [3.05, 3.63) is 35.1 Å². The molecule has 0 bridgehead atoms. The highest BCUT2D eigenvalue weighted by atomic mass is 19.1. The average molecular weight is 308 g/mol. The normalized spacial score (nSPS) is 11.8. The Morgan fingerprint density at radius 3 is 2.59 bits per heavy atom. The van der Waals surface area contributed by atoms with Crippen LogP contribution in [0.1, 0.15) is 31.4 Å². The molecule has 0 radical (unpaired) electrons. The maximum atomic E-state index is 13.5. The molecule has 0 saturated heterocycles. The fraction of sp³-hybridized carbons (Fsp3) is 0.588. The molecule has 0 unspecified atom stereocenters. The molecule has 0 spiro atoms. The van der Waals surface area contributed by atoms with Crippen molar-refractivity contribution in [3.8, 4) is 0 Å². The zero-order valence-corrected chi connectivity index (χ0v) is 14.2. The van der Waals surface area contributed by atoms with E-state index in [0.29, 0.717) is 12.1 Å². The predicted molar refractivity (Wildman–Crippen MR) is 91.7 cm³/mol. The van der Waals surface area contributed by atoms with Crippen LogP contribution in [0.3, 0.4) is 0 Å². The molecule has 0 aliphatic heterocycles. The maximum Gasteiger partial charge on any atom is 0.191 e. The van der Waals surface area contributed by atoms with Gasteiger partial charge in [0.05, 0.1) is 0 Å². The summed E-state index contributed by atoms with van der Waals surface area (Å²) >= 11 is 0. The van der Waals surface area contributed by atoms with Gasteiger partial charge in [0.2, 0.25) is 0 Å². The average Bonchev–Trinajstić information content (AvgIpc) is 2.52. The summed E-state index contributed by atoms with van der Waals surface area (Å²) < 4.78 is 13.5. The fourth-order valence-electron chi connectivity index (χ4n) is 2.23. The molecule has 0 atom stereocenters. The topological polar surface area (TPSA) is 39.7 Å². The van der Waals surface area contributed by atoms with E-state index in [0.717, 1.165) is 37.7 Å². The zero-order valence-electron chi connectivity index (χ0n) is 14.2. The van der Waals surface area contributed by atoms with Crippen molar-refractivity contribution in [2.24, 2.45) is 4.99 Å². The molecule has 1 aromatic carbocycles. The van der Waals surface area contributed by atoms with E-state index in [2.05, 4.69) is 34.4 Å². The van der Waals surface area contributed by atoms with Crippen molar-refractivity contribution in [1.29, 1.82) is 0 Å². The highest BCUT2D eigenvalue weighted by Crippen LogP contribution is 2.08. The van der Waals surface area contributed by atoms with Gasteiger partial charge in [-0.25, -0.2) is 4.39 Å². The van der Waals surface area contributed by atoms with Crippen LogP contribution >= 0.6 is 0 Å². The lowest BCUT2D eigenvalue weighted by Gasteiger charge is -2.20. The molecule has 0 heterocycles. The fourth-order valence-corrected chi connectivity index (χ4v) is 2.23. The quantitative estimate of drug-likeness (QED) is 0.573. The van der Waals surface area contributed by atoms with E-state index < -0.39 is 0 Å². The van der Waals surface area contributed by atoms with Crippen molar-refractivity contribution >= 4 is 5.96 Å². The second kappa shape index (κ2) is 10.2. The molecule has 0 aliphatic rings. The molecule has 0 aliphatic carbocycles. The van der Waals surface area contributed by atoms with E-state index in [4.69, 9.17) is 0 Å². The van der Waals surface area contributed by atoms with Gasteiger partial charge in [-0.05, 0) is 43.6 Å². The van der Waals surface area contributed by atoms with Crippen molar-refractivity contribution in [3.63, 3.8) is 0 Å². The number of nitrogens with one attached hydrogen (secondary N) is 2. The first-order valence-electron chi connectivity index (χ1n) is 8.02. The van der Waals surface area contributed by atoms with E-state index >= 15 is 0 Å². The Morgan fingerprint density at radius 2 is 2.00 bits per heavy atom. The summed E-state index contributed by atoms with van der Waals surface area (Å²) in [5.41, 5.74) is 1.58. The predicted octanol–water partition coefficient (Wildman–Crippen LogP) is 2.53. The summed E-state index contributed by atoms with van der Waals surface area (Å²) in [6.07, 6.45) is 1.17. The van der Waals surface area contributed by atoms with Crippen molar-refractivity contribution in [2.75, 3.05) is 33.2 Å². The van der Waals surface area contributed by atoms with Gasteiger partial charge in [-0.15, -0.1) is 0 Å². The minimum absolute atomic E-state index is 0.166. The first-order valence-corrected chi connectivity index (χ1v) is 8.02. The van der Waals surface area contributed by atoms with Crippen molar-refractivity contribution < 1.29 is 4.39 Å². The van der Waals surface area contributed by atoms with E-state index in [1.165, 1.54) is 6.42 Å². The standard InChI is InChI=1S/C17H29FN4/c1-5-10-22(6-2)11-9-20-17(19-4)21-13-15-8-7-14(3)16(18)12-15/h7-8,12H,5-6,9-11,13H2,1-4H3,(H2,19,20,21). The van der Waals surface area contributed by atoms with Crippen LogP contribution in [0, 0.1) is 12.7 Å². The first kappa shape index (κ1) is 18.4. The van der Waals surface area contributed by atoms with Crippen LogP contribution in [0.15, 0.2) is 23.2 Å².